The number of carbonyl (C=O) groups is 1. The van der Waals surface area contributed by atoms with Crippen molar-refractivity contribution < 1.29 is 9.90 Å². The highest BCUT2D eigenvalue weighted by molar-refractivity contribution is 6.42. The minimum absolute atomic E-state index is 0.341. The molecule has 1 rings (SSSR count). The largest absolute Gasteiger partial charge is 0.477 e. The summed E-state index contributed by atoms with van der Waals surface area (Å²) in [6, 6.07) is 0. The van der Waals surface area contributed by atoms with Crippen molar-refractivity contribution in [2.24, 2.45) is 5.73 Å². The Labute approximate surface area is 69.9 Å². The Morgan fingerprint density at radius 1 is 1.67 bits per heavy atom. The van der Waals surface area contributed by atoms with Gasteiger partial charge >= 0.3 is 5.97 Å². The fraction of sp³-hybridized carbons (Fsp3) is 0.250. The third kappa shape index (κ3) is 1.53. The Morgan fingerprint density at radius 2 is 2.33 bits per heavy atom. The van der Waals surface area contributed by atoms with E-state index in [0.29, 0.717) is 17.7 Å². The Balaban J connectivity index is 2.94. The fourth-order valence-electron chi connectivity index (χ4n) is 1.04. The standard InChI is InChI=1S/C8H10N2O2/c9-6-4-2-1-3-5(6)7(10)8(11)12/h1,3,10H,2,4,9H2,(H,11,12). The van der Waals surface area contributed by atoms with E-state index in [0.717, 1.165) is 6.42 Å². The van der Waals surface area contributed by atoms with Crippen LogP contribution in [0.4, 0.5) is 0 Å². The molecule has 0 aromatic carbocycles. The molecule has 0 aromatic heterocycles. The van der Waals surface area contributed by atoms with Gasteiger partial charge in [0.05, 0.1) is 0 Å². The van der Waals surface area contributed by atoms with Crippen LogP contribution < -0.4 is 5.73 Å². The Kier molecular flexibility index (Phi) is 2.28. The summed E-state index contributed by atoms with van der Waals surface area (Å²) in [6.07, 6.45) is 4.88. The first-order valence-electron chi connectivity index (χ1n) is 3.60. The second kappa shape index (κ2) is 3.21. The molecule has 0 saturated heterocycles. The maximum atomic E-state index is 10.4. The van der Waals surface area contributed by atoms with Crippen LogP contribution in [0.2, 0.25) is 0 Å². The van der Waals surface area contributed by atoms with Gasteiger partial charge in [0.25, 0.3) is 0 Å². The number of carboxylic acids is 1. The topological polar surface area (TPSA) is 87.2 Å². The molecular formula is C8H10N2O2. The van der Waals surface area contributed by atoms with Gasteiger partial charge in [-0.2, -0.15) is 0 Å². The van der Waals surface area contributed by atoms with E-state index in [1.165, 1.54) is 0 Å². The number of hydrogen-bond donors (Lipinski definition) is 3. The van der Waals surface area contributed by atoms with Gasteiger partial charge in [0.2, 0.25) is 0 Å². The van der Waals surface area contributed by atoms with Gasteiger partial charge in [0.1, 0.15) is 5.71 Å². The Morgan fingerprint density at radius 3 is 2.83 bits per heavy atom. The highest BCUT2D eigenvalue weighted by atomic mass is 16.4. The Bertz CT molecular complexity index is 289. The van der Waals surface area contributed by atoms with Gasteiger partial charge in [0.15, 0.2) is 0 Å². The molecule has 1 aliphatic rings. The third-order valence-electron chi connectivity index (χ3n) is 1.69. The van der Waals surface area contributed by atoms with Crippen LogP contribution in [-0.2, 0) is 4.79 Å². The average Bonchev–Trinajstić information content (AvgIpc) is 2.04. The number of nitrogens with one attached hydrogen (secondary N) is 1. The first-order valence-corrected chi connectivity index (χ1v) is 3.60. The summed E-state index contributed by atoms with van der Waals surface area (Å²) in [6.45, 7) is 0. The predicted octanol–water partition coefficient (Wildman–Crippen LogP) is 0.654. The van der Waals surface area contributed by atoms with Gasteiger partial charge < -0.3 is 10.8 Å². The molecule has 4 N–H and O–H groups in total. The first kappa shape index (κ1) is 8.52. The summed E-state index contributed by atoms with van der Waals surface area (Å²) in [5, 5.41) is 15.7. The summed E-state index contributed by atoms with van der Waals surface area (Å²) in [7, 11) is 0. The summed E-state index contributed by atoms with van der Waals surface area (Å²) in [5.41, 5.74) is 5.95. The van der Waals surface area contributed by atoms with E-state index in [9.17, 15) is 4.79 Å². The zero-order chi connectivity index (χ0) is 9.14. The zero-order valence-corrected chi connectivity index (χ0v) is 6.50. The van der Waals surface area contributed by atoms with E-state index in [2.05, 4.69) is 0 Å². The lowest BCUT2D eigenvalue weighted by Gasteiger charge is -2.10. The number of allylic oxidation sites excluding steroid dienone is 3. The molecule has 0 aliphatic heterocycles. The molecule has 4 heteroatoms. The number of hydrogen-bond acceptors (Lipinski definition) is 3. The molecule has 1 aliphatic carbocycles. The minimum Gasteiger partial charge on any atom is -0.477 e. The number of aliphatic carboxylic acids is 1. The smallest absolute Gasteiger partial charge is 0.354 e. The average molecular weight is 166 g/mol. The monoisotopic (exact) mass is 166 g/mol. The normalized spacial score (nSPS) is 16.3. The molecule has 0 heterocycles. The van der Waals surface area contributed by atoms with Gasteiger partial charge in [-0.3, -0.25) is 5.41 Å². The highest BCUT2D eigenvalue weighted by Gasteiger charge is 2.15. The van der Waals surface area contributed by atoms with E-state index in [4.69, 9.17) is 16.2 Å². The lowest BCUT2D eigenvalue weighted by atomic mass is 10.00. The van der Waals surface area contributed by atoms with Crippen molar-refractivity contribution in [2.45, 2.75) is 12.8 Å². The summed E-state index contributed by atoms with van der Waals surface area (Å²) < 4.78 is 0. The van der Waals surface area contributed by atoms with E-state index < -0.39 is 11.7 Å². The number of carboxylic acid groups (broad SMARTS) is 1. The maximum Gasteiger partial charge on any atom is 0.354 e. The van der Waals surface area contributed by atoms with Crippen LogP contribution in [0.3, 0.4) is 0 Å². The Hall–Kier alpha value is -1.58. The molecule has 0 fully saturated rings. The molecule has 0 saturated carbocycles. The van der Waals surface area contributed by atoms with Crippen LogP contribution in [0.5, 0.6) is 0 Å². The van der Waals surface area contributed by atoms with Crippen LogP contribution in [-0.4, -0.2) is 16.8 Å². The first-order chi connectivity index (χ1) is 5.63. The summed E-state index contributed by atoms with van der Waals surface area (Å²) >= 11 is 0. The molecule has 0 radical (unpaired) electrons. The van der Waals surface area contributed by atoms with E-state index >= 15 is 0 Å². The van der Waals surface area contributed by atoms with Crippen LogP contribution >= 0.6 is 0 Å². The van der Waals surface area contributed by atoms with Gasteiger partial charge in [-0.15, -0.1) is 0 Å². The van der Waals surface area contributed by atoms with Crippen molar-refractivity contribution in [1.82, 2.24) is 0 Å². The van der Waals surface area contributed by atoms with Crippen molar-refractivity contribution in [1.29, 1.82) is 5.41 Å². The van der Waals surface area contributed by atoms with Crippen LogP contribution in [0, 0.1) is 5.41 Å². The third-order valence-corrected chi connectivity index (χ3v) is 1.69. The minimum atomic E-state index is -1.24. The predicted molar refractivity (Wildman–Crippen MR) is 44.9 cm³/mol. The number of nitrogens with two attached hydrogens (primary N) is 1. The summed E-state index contributed by atoms with van der Waals surface area (Å²) in [4.78, 5) is 10.4. The number of rotatable bonds is 2. The fourth-order valence-corrected chi connectivity index (χ4v) is 1.04. The zero-order valence-electron chi connectivity index (χ0n) is 6.50. The van der Waals surface area contributed by atoms with Gasteiger partial charge in [0, 0.05) is 11.3 Å². The van der Waals surface area contributed by atoms with Crippen molar-refractivity contribution in [3.8, 4) is 0 Å². The molecular weight excluding hydrogens is 156 g/mol. The van der Waals surface area contributed by atoms with Crippen LogP contribution in [0.15, 0.2) is 23.4 Å². The van der Waals surface area contributed by atoms with E-state index in [1.54, 1.807) is 6.08 Å². The molecule has 0 spiro atoms. The van der Waals surface area contributed by atoms with Gasteiger partial charge in [-0.25, -0.2) is 4.79 Å². The van der Waals surface area contributed by atoms with Crippen molar-refractivity contribution in [3.63, 3.8) is 0 Å². The molecule has 0 aromatic rings. The quantitative estimate of drug-likeness (QED) is 0.526. The molecule has 12 heavy (non-hydrogen) atoms. The second-order valence-electron chi connectivity index (χ2n) is 2.56. The molecule has 0 unspecified atom stereocenters. The highest BCUT2D eigenvalue weighted by Crippen LogP contribution is 2.15. The second-order valence-corrected chi connectivity index (χ2v) is 2.56. The van der Waals surface area contributed by atoms with Crippen LogP contribution in [0.1, 0.15) is 12.8 Å². The van der Waals surface area contributed by atoms with Crippen molar-refractivity contribution in [3.05, 3.63) is 23.4 Å². The molecule has 0 atom stereocenters. The molecule has 0 amide bonds. The molecule has 0 bridgehead atoms. The lowest BCUT2D eigenvalue weighted by Crippen LogP contribution is -2.18. The SMILES string of the molecule is N=C(C(=O)O)C1=C(N)CCC=C1. The molecule has 4 nitrogen and oxygen atoms in total. The van der Waals surface area contributed by atoms with Gasteiger partial charge in [-0.1, -0.05) is 12.2 Å². The lowest BCUT2D eigenvalue weighted by molar-refractivity contribution is -0.129. The summed E-state index contributed by atoms with van der Waals surface area (Å²) in [5.74, 6) is -1.24. The molecule has 64 valence electrons. The van der Waals surface area contributed by atoms with Crippen LogP contribution in [0.25, 0.3) is 0 Å². The van der Waals surface area contributed by atoms with E-state index in [-0.39, 0.29) is 0 Å². The van der Waals surface area contributed by atoms with Crippen molar-refractivity contribution >= 4 is 11.7 Å². The van der Waals surface area contributed by atoms with Crippen molar-refractivity contribution in [2.75, 3.05) is 0 Å². The maximum absolute atomic E-state index is 10.4. The van der Waals surface area contributed by atoms with E-state index in [1.807, 2.05) is 6.08 Å². The van der Waals surface area contributed by atoms with Gasteiger partial charge in [-0.05, 0) is 12.8 Å².